The molecule has 0 spiro atoms. The number of nitrogens with one attached hydrogen (secondary N) is 6. The lowest BCUT2D eigenvalue weighted by Crippen LogP contribution is -2.43. The Balaban J connectivity index is 0.000000187. The Morgan fingerprint density at radius 3 is 1.04 bits per heavy atom. The number of methoxy groups -OCH3 is 4. The molecule has 19 heteroatoms. The second-order valence-electron chi connectivity index (χ2n) is 27.9. The normalized spacial score (nSPS) is 12.5. The molecule has 0 aliphatic heterocycles. The lowest BCUT2D eigenvalue weighted by molar-refractivity contribution is -0.146. The summed E-state index contributed by atoms with van der Waals surface area (Å²) in [5, 5.41) is 34.2. The molecule has 0 heterocycles. The third kappa shape index (κ3) is 24.6. The van der Waals surface area contributed by atoms with E-state index in [2.05, 4.69) is 40.2 Å². The van der Waals surface area contributed by atoms with Crippen LogP contribution in [0.1, 0.15) is 86.7 Å². The number of carbonyl (C=O) groups excluding carboxylic acids is 6. The molecule has 12 aromatic carbocycles. The Morgan fingerprint density at radius 2 is 0.669 bits per heavy atom. The second kappa shape index (κ2) is 42.9. The number of fused-ring (bicyclic) bond motifs is 1. The van der Waals surface area contributed by atoms with Crippen LogP contribution < -0.4 is 37.9 Å². The zero-order chi connectivity index (χ0) is 83.9. The highest BCUT2D eigenvalue weighted by Crippen LogP contribution is 2.29. The van der Waals surface area contributed by atoms with Crippen molar-refractivity contribution in [3.63, 3.8) is 0 Å². The predicted molar refractivity (Wildman–Crippen MR) is 469 cm³/mol. The van der Waals surface area contributed by atoms with Gasteiger partial charge in [0.25, 0.3) is 17.7 Å². The van der Waals surface area contributed by atoms with E-state index in [0.29, 0.717) is 33.4 Å². The van der Waals surface area contributed by atoms with Crippen LogP contribution in [0.15, 0.2) is 322 Å². The molecular weight excluding hydrogens is 1480 g/mol. The van der Waals surface area contributed by atoms with Crippen molar-refractivity contribution in [3.8, 4) is 28.0 Å². The van der Waals surface area contributed by atoms with Crippen molar-refractivity contribution in [2.75, 3.05) is 28.4 Å². The van der Waals surface area contributed by atoms with Gasteiger partial charge in [-0.2, -0.15) is 0 Å². The number of hydrogen-bond acceptors (Lipinski definition) is 13. The van der Waals surface area contributed by atoms with Gasteiger partial charge in [-0.1, -0.05) is 285 Å². The van der Waals surface area contributed by atoms with Crippen molar-refractivity contribution in [1.82, 2.24) is 16.0 Å². The highest BCUT2D eigenvalue weighted by Gasteiger charge is 2.33. The number of nitrogen functional groups attached to an aromatic ring is 3. The van der Waals surface area contributed by atoms with Crippen LogP contribution in [0, 0.1) is 40.9 Å². The molecule has 0 saturated heterocycles. The molecule has 596 valence electrons. The average Bonchev–Trinajstić information content (AvgIpc) is 0.804. The van der Waals surface area contributed by atoms with Crippen LogP contribution >= 0.6 is 0 Å². The lowest BCUT2D eigenvalue weighted by Gasteiger charge is -2.24. The third-order valence-corrected chi connectivity index (χ3v) is 19.8. The Bertz CT molecular complexity index is 5560. The molecule has 0 fully saturated rings. The molecule has 0 saturated carbocycles. The molecule has 0 aliphatic carbocycles. The van der Waals surface area contributed by atoms with E-state index in [1.807, 2.05) is 238 Å². The smallest absolute Gasteiger partial charge is 0.311 e. The van der Waals surface area contributed by atoms with Crippen molar-refractivity contribution in [3.05, 3.63) is 394 Å². The van der Waals surface area contributed by atoms with E-state index >= 15 is 0 Å². The van der Waals surface area contributed by atoms with E-state index < -0.39 is 53.8 Å². The van der Waals surface area contributed by atoms with Gasteiger partial charge < -0.3 is 52.1 Å². The summed E-state index contributed by atoms with van der Waals surface area (Å²) in [7, 11) is 5.63. The molecule has 0 bridgehead atoms. The van der Waals surface area contributed by atoms with E-state index in [1.165, 1.54) is 26.9 Å². The van der Waals surface area contributed by atoms with Crippen molar-refractivity contribution in [1.29, 1.82) is 16.2 Å². The molecule has 6 unspecified atom stereocenters. The van der Waals surface area contributed by atoms with Gasteiger partial charge >= 0.3 is 17.9 Å². The number of nitrogens with two attached hydrogens (primary N) is 3. The van der Waals surface area contributed by atoms with Gasteiger partial charge in [-0.25, -0.2) is 0 Å². The number of aryl methyl sites for hydroxylation is 1. The molecule has 3 amide bonds. The number of carbonyl (C=O) groups is 6. The summed E-state index contributed by atoms with van der Waals surface area (Å²) in [5.74, 6) is -3.87. The van der Waals surface area contributed by atoms with Crippen LogP contribution in [0.25, 0.3) is 51.3 Å². The number of amidine groups is 3. The van der Waals surface area contributed by atoms with Gasteiger partial charge in [-0.3, -0.25) is 45.0 Å². The predicted octanol–water partition coefficient (Wildman–Crippen LogP) is 16.2. The van der Waals surface area contributed by atoms with Crippen molar-refractivity contribution < 1.29 is 47.7 Å². The van der Waals surface area contributed by atoms with E-state index in [4.69, 9.17) is 52.4 Å². The number of hydrogen-bond donors (Lipinski definition) is 9. The minimum Gasteiger partial charge on any atom is -0.497 e. The molecule has 19 nitrogen and oxygen atoms in total. The van der Waals surface area contributed by atoms with Crippen LogP contribution in [-0.4, -0.2) is 99.7 Å². The maximum absolute atomic E-state index is 13.5. The number of rotatable bonds is 30. The van der Waals surface area contributed by atoms with E-state index in [-0.39, 0.29) is 54.5 Å². The summed E-state index contributed by atoms with van der Waals surface area (Å²) in [6, 6.07) is 92.3. The minimum atomic E-state index is -0.734. The Morgan fingerprint density at radius 1 is 0.339 bits per heavy atom. The van der Waals surface area contributed by atoms with Crippen molar-refractivity contribution in [2.45, 2.75) is 44.3 Å². The van der Waals surface area contributed by atoms with Crippen molar-refractivity contribution in [2.24, 2.45) is 35.0 Å². The topological polar surface area (TPSA) is 325 Å². The maximum atomic E-state index is 13.5. The van der Waals surface area contributed by atoms with Crippen LogP contribution in [0.4, 0.5) is 0 Å². The van der Waals surface area contributed by atoms with Crippen LogP contribution in [-0.2, 0) is 47.9 Å². The zero-order valence-electron chi connectivity index (χ0n) is 66.2. The molecule has 0 radical (unpaired) electrons. The highest BCUT2D eigenvalue weighted by molar-refractivity contribution is 6.07. The van der Waals surface area contributed by atoms with Gasteiger partial charge in [0, 0.05) is 33.4 Å². The summed E-state index contributed by atoms with van der Waals surface area (Å²) < 4.78 is 20.8. The first-order chi connectivity index (χ1) is 57.2. The largest absolute Gasteiger partial charge is 0.497 e. The summed E-state index contributed by atoms with van der Waals surface area (Å²) in [4.78, 5) is 79.6. The van der Waals surface area contributed by atoms with Crippen molar-refractivity contribution >= 4 is 82.1 Å². The van der Waals surface area contributed by atoms with Gasteiger partial charge in [0.05, 0.1) is 64.3 Å². The Kier molecular flexibility index (Phi) is 31.1. The van der Waals surface area contributed by atoms with Crippen LogP contribution in [0.3, 0.4) is 0 Å². The van der Waals surface area contributed by atoms with Crippen LogP contribution in [0.2, 0.25) is 0 Å². The molecular formula is C99H95N9O10. The summed E-state index contributed by atoms with van der Waals surface area (Å²) in [6.07, 6.45) is 11.9. The first-order valence-electron chi connectivity index (χ1n) is 38.2. The standard InChI is InChI=1S/C34H33N3O4.C34H33N3O3.C31H29N3O3/c1-40-29-13-7-11-27(22-29)25-15-17-26(18-16-25)33(38)37-31(19-14-23-8-4-3-5-9-23)30(34(39)41-2)21-24-10-6-12-28(20-24)32(35)36;1-23-11-14-26(15-12-23)27-16-18-28(19-17-27)33(38)37-31(20-13-24-7-4-3-5-8-24)30(34(39)40-2)22-25-9-6-10-29(21-25)32(35)36;1-37-31(36)27(20-22-11-7-14-24(19-22)29(32)33)28(18-17-21-9-3-2-4-10-21)34-30(35)26-16-8-13-23-12-5-6-15-25(23)26/h3-20,22,30-31H,21H2,1-2H3,(H3,35,36)(H,37,38);3-21,30-31H,22H2,1-2H3,(H3,35,36)(H,37,38);2-19,27-28H,20H2,1H3,(H3,32,33)(H,34,35)/b19-14+;20-13+;18-17+. The van der Waals surface area contributed by atoms with Gasteiger partial charge in [0.2, 0.25) is 0 Å². The fourth-order valence-electron chi connectivity index (χ4n) is 13.4. The van der Waals surface area contributed by atoms with Gasteiger partial charge in [0.15, 0.2) is 0 Å². The monoisotopic (exact) mass is 1570 g/mol. The molecule has 0 aromatic heterocycles. The summed E-state index contributed by atoms with van der Waals surface area (Å²) in [5.41, 5.74) is 30.6. The average molecular weight is 1570 g/mol. The summed E-state index contributed by atoms with van der Waals surface area (Å²) >= 11 is 0. The Hall–Kier alpha value is -14.9. The van der Waals surface area contributed by atoms with Gasteiger partial charge in [-0.05, 0) is 153 Å². The first kappa shape index (κ1) is 85.6. The molecule has 12 aromatic rings. The van der Waals surface area contributed by atoms with Crippen LogP contribution in [0.5, 0.6) is 5.75 Å². The molecule has 6 atom stereocenters. The second-order valence-corrected chi connectivity index (χ2v) is 27.9. The third-order valence-electron chi connectivity index (χ3n) is 19.8. The minimum absolute atomic E-state index is 0.0544. The van der Waals surface area contributed by atoms with Gasteiger partial charge in [-0.15, -0.1) is 0 Å². The fourth-order valence-corrected chi connectivity index (χ4v) is 13.4. The SMILES string of the molecule is COC(=O)C(Cc1cccc(C(=N)N)c1)C(/C=C/c1ccccc1)NC(=O)c1ccc(-c2ccc(C)cc2)cc1.COC(=O)C(Cc1cccc(C(=N)N)c1)C(/C=C/c1ccccc1)NC(=O)c1ccc(-c2cccc(OC)c2)cc1.COC(=O)C(Cc1cccc(C(=N)N)c1)C(/C=C/c1ccccc1)NC(=O)c1cccc2ccccc12. The summed E-state index contributed by atoms with van der Waals surface area (Å²) in [6.45, 7) is 2.04. The fraction of sp³-hybridized carbons (Fsp3) is 0.141. The number of esters is 3. The highest BCUT2D eigenvalue weighted by atomic mass is 16.5. The van der Waals surface area contributed by atoms with E-state index in [1.54, 1.807) is 92.0 Å². The number of ether oxygens (including phenoxy) is 4. The molecule has 118 heavy (non-hydrogen) atoms. The van der Waals surface area contributed by atoms with Gasteiger partial charge in [0.1, 0.15) is 23.3 Å². The first-order valence-corrected chi connectivity index (χ1v) is 38.2. The molecule has 12 rings (SSSR count). The van der Waals surface area contributed by atoms with E-state index in [9.17, 15) is 28.8 Å². The Labute approximate surface area is 687 Å². The quantitative estimate of drug-likeness (QED) is 0.00876. The zero-order valence-corrected chi connectivity index (χ0v) is 66.2. The van der Waals surface area contributed by atoms with E-state index in [0.717, 1.165) is 72.2 Å². The number of benzene rings is 12. The maximum Gasteiger partial charge on any atom is 0.311 e. The number of amides is 3. The molecule has 12 N–H and O–H groups in total. The lowest BCUT2D eigenvalue weighted by atomic mass is 9.90. The molecule has 0 aliphatic rings.